The first-order valence-electron chi connectivity index (χ1n) is 7.73. The molecule has 2 heterocycles. The molecule has 0 amide bonds. The van der Waals surface area contributed by atoms with Crippen LogP contribution in [0.3, 0.4) is 0 Å². The van der Waals surface area contributed by atoms with Gasteiger partial charge in [-0.25, -0.2) is 4.98 Å². The van der Waals surface area contributed by atoms with E-state index in [0.29, 0.717) is 12.0 Å². The van der Waals surface area contributed by atoms with Crippen molar-refractivity contribution < 1.29 is 0 Å². The molecule has 0 radical (unpaired) electrons. The molecule has 2 aromatic heterocycles. The fourth-order valence-electron chi connectivity index (χ4n) is 2.83. The number of rotatable bonds is 5. The lowest BCUT2D eigenvalue weighted by Crippen LogP contribution is -2.25. The summed E-state index contributed by atoms with van der Waals surface area (Å²) in [6.45, 7) is 5.33. The third kappa shape index (κ3) is 3.47. The van der Waals surface area contributed by atoms with Gasteiger partial charge in [0.05, 0.1) is 11.9 Å². The predicted molar refractivity (Wildman–Crippen MR) is 86.3 cm³/mol. The number of hydrogen-bond donors (Lipinski definition) is 1. The van der Waals surface area contributed by atoms with Crippen molar-refractivity contribution in [2.24, 2.45) is 0 Å². The average Bonchev–Trinajstić information content (AvgIpc) is 3.15. The van der Waals surface area contributed by atoms with Crippen molar-refractivity contribution in [2.75, 3.05) is 0 Å². The quantitative estimate of drug-likeness (QED) is 0.913. The Morgan fingerprint density at radius 2 is 2.10 bits per heavy atom. The number of hydrogen-bond acceptors (Lipinski definition) is 5. The van der Waals surface area contributed by atoms with Gasteiger partial charge in [0, 0.05) is 29.9 Å². The summed E-state index contributed by atoms with van der Waals surface area (Å²) in [4.78, 5) is 14.7. The van der Waals surface area contributed by atoms with E-state index >= 15 is 0 Å². The monoisotopic (exact) mass is 302 g/mol. The Labute approximate surface area is 130 Å². The Kier molecular flexibility index (Phi) is 4.60. The lowest BCUT2D eigenvalue weighted by atomic mass is 10.1. The van der Waals surface area contributed by atoms with Crippen LogP contribution < -0.4 is 5.32 Å². The molecule has 1 N–H and O–H groups in total. The first kappa shape index (κ1) is 14.6. The van der Waals surface area contributed by atoms with Crippen molar-refractivity contribution in [1.29, 1.82) is 0 Å². The molecule has 0 bridgehead atoms. The van der Waals surface area contributed by atoms with E-state index in [1.165, 1.54) is 36.3 Å². The maximum atomic E-state index is 4.80. The molecule has 0 aliphatic heterocycles. The van der Waals surface area contributed by atoms with Gasteiger partial charge < -0.3 is 5.32 Å². The molecule has 0 spiro atoms. The highest BCUT2D eigenvalue weighted by atomic mass is 32.1. The third-order valence-electron chi connectivity index (χ3n) is 3.96. The maximum absolute atomic E-state index is 4.80. The van der Waals surface area contributed by atoms with E-state index in [0.717, 1.165) is 17.2 Å². The van der Waals surface area contributed by atoms with Gasteiger partial charge in [-0.3, -0.25) is 9.97 Å². The molecule has 0 atom stereocenters. The molecule has 2 aromatic rings. The first-order valence-corrected chi connectivity index (χ1v) is 8.55. The number of thiazole rings is 1. The SMILES string of the molecule is CC(C)c1nc(-c2cnccn2)sc1CNC1CCCC1. The van der Waals surface area contributed by atoms with Crippen LogP contribution in [0.2, 0.25) is 0 Å². The smallest absolute Gasteiger partial charge is 0.144 e. The molecule has 112 valence electrons. The van der Waals surface area contributed by atoms with Crippen LogP contribution in [0.4, 0.5) is 0 Å². The van der Waals surface area contributed by atoms with Crippen molar-refractivity contribution in [3.8, 4) is 10.7 Å². The Morgan fingerprint density at radius 3 is 2.76 bits per heavy atom. The second-order valence-corrected chi connectivity index (χ2v) is 7.02. The van der Waals surface area contributed by atoms with Crippen molar-refractivity contribution in [1.82, 2.24) is 20.3 Å². The van der Waals surface area contributed by atoms with Crippen LogP contribution in [0, 0.1) is 0 Å². The van der Waals surface area contributed by atoms with Crippen molar-refractivity contribution in [3.63, 3.8) is 0 Å². The van der Waals surface area contributed by atoms with E-state index in [9.17, 15) is 0 Å². The number of nitrogens with zero attached hydrogens (tertiary/aromatic N) is 3. The maximum Gasteiger partial charge on any atom is 0.144 e. The highest BCUT2D eigenvalue weighted by molar-refractivity contribution is 7.15. The van der Waals surface area contributed by atoms with Gasteiger partial charge >= 0.3 is 0 Å². The Hall–Kier alpha value is -1.33. The Balaban J connectivity index is 1.79. The molecule has 1 aliphatic rings. The van der Waals surface area contributed by atoms with Crippen LogP contribution >= 0.6 is 11.3 Å². The van der Waals surface area contributed by atoms with Gasteiger partial charge in [0.15, 0.2) is 0 Å². The molecule has 0 unspecified atom stereocenters. The van der Waals surface area contributed by atoms with Gasteiger partial charge in [-0.2, -0.15) is 0 Å². The summed E-state index contributed by atoms with van der Waals surface area (Å²) in [5, 5.41) is 4.67. The van der Waals surface area contributed by atoms with Crippen molar-refractivity contribution >= 4 is 11.3 Å². The minimum Gasteiger partial charge on any atom is -0.309 e. The zero-order valence-corrected chi connectivity index (χ0v) is 13.5. The normalized spacial score (nSPS) is 16.0. The topological polar surface area (TPSA) is 50.7 Å². The summed E-state index contributed by atoms with van der Waals surface area (Å²) in [6.07, 6.45) is 10.6. The second kappa shape index (κ2) is 6.62. The minimum absolute atomic E-state index is 0.437. The minimum atomic E-state index is 0.437. The molecule has 5 heteroatoms. The van der Waals surface area contributed by atoms with Crippen LogP contribution in [0.5, 0.6) is 0 Å². The lowest BCUT2D eigenvalue weighted by Gasteiger charge is -2.12. The molecule has 4 nitrogen and oxygen atoms in total. The van der Waals surface area contributed by atoms with E-state index < -0.39 is 0 Å². The Bertz CT molecular complexity index is 573. The molecule has 21 heavy (non-hydrogen) atoms. The van der Waals surface area contributed by atoms with E-state index in [1.54, 1.807) is 29.9 Å². The third-order valence-corrected chi connectivity index (χ3v) is 5.06. The average molecular weight is 302 g/mol. The standard InChI is InChI=1S/C16H22N4S/c1-11(2)15-14(10-19-12-5-3-4-6-12)21-16(20-15)13-9-17-7-8-18-13/h7-9,11-12,19H,3-6,10H2,1-2H3. The molecule has 1 aliphatic carbocycles. The van der Waals surface area contributed by atoms with Gasteiger partial charge in [-0.05, 0) is 18.8 Å². The van der Waals surface area contributed by atoms with Gasteiger partial charge in [0.1, 0.15) is 10.7 Å². The lowest BCUT2D eigenvalue weighted by molar-refractivity contribution is 0.524. The first-order chi connectivity index (χ1) is 10.2. The van der Waals surface area contributed by atoms with Gasteiger partial charge in [0.25, 0.3) is 0 Å². The molecule has 0 saturated heterocycles. The van der Waals surface area contributed by atoms with Crippen LogP contribution in [0.15, 0.2) is 18.6 Å². The number of nitrogens with one attached hydrogen (secondary N) is 1. The van der Waals surface area contributed by atoms with Gasteiger partial charge in [-0.15, -0.1) is 11.3 Å². The van der Waals surface area contributed by atoms with E-state index in [4.69, 9.17) is 4.98 Å². The molecule has 0 aromatic carbocycles. The van der Waals surface area contributed by atoms with Crippen molar-refractivity contribution in [3.05, 3.63) is 29.2 Å². The summed E-state index contributed by atoms with van der Waals surface area (Å²) in [7, 11) is 0. The highest BCUT2D eigenvalue weighted by Crippen LogP contribution is 2.31. The van der Waals surface area contributed by atoms with E-state index in [2.05, 4.69) is 29.1 Å². The van der Waals surface area contributed by atoms with Crippen LogP contribution in [-0.4, -0.2) is 21.0 Å². The summed E-state index contributed by atoms with van der Waals surface area (Å²) >= 11 is 1.75. The number of aromatic nitrogens is 3. The highest BCUT2D eigenvalue weighted by Gasteiger charge is 2.19. The molecular formula is C16H22N4S. The van der Waals surface area contributed by atoms with Crippen LogP contribution in [-0.2, 0) is 6.54 Å². The second-order valence-electron chi connectivity index (χ2n) is 5.94. The largest absolute Gasteiger partial charge is 0.309 e. The zero-order valence-electron chi connectivity index (χ0n) is 12.7. The summed E-state index contributed by atoms with van der Waals surface area (Å²) in [5.74, 6) is 0.437. The predicted octanol–water partition coefficient (Wildman–Crippen LogP) is 3.76. The molecule has 3 rings (SSSR count). The Morgan fingerprint density at radius 1 is 1.29 bits per heavy atom. The zero-order chi connectivity index (χ0) is 14.7. The fraction of sp³-hybridized carbons (Fsp3) is 0.562. The van der Waals surface area contributed by atoms with Crippen LogP contribution in [0.1, 0.15) is 56.0 Å². The fourth-order valence-corrected chi connectivity index (χ4v) is 3.96. The summed E-state index contributed by atoms with van der Waals surface area (Å²) in [6, 6.07) is 0.687. The molecular weight excluding hydrogens is 280 g/mol. The van der Waals surface area contributed by atoms with E-state index in [-0.39, 0.29) is 0 Å². The van der Waals surface area contributed by atoms with E-state index in [1.807, 2.05) is 0 Å². The van der Waals surface area contributed by atoms with Crippen LogP contribution in [0.25, 0.3) is 10.7 Å². The van der Waals surface area contributed by atoms with Gasteiger partial charge in [0.2, 0.25) is 0 Å². The van der Waals surface area contributed by atoms with Gasteiger partial charge in [-0.1, -0.05) is 26.7 Å². The summed E-state index contributed by atoms with van der Waals surface area (Å²) < 4.78 is 0. The molecule has 1 saturated carbocycles. The summed E-state index contributed by atoms with van der Waals surface area (Å²) in [5.41, 5.74) is 2.07. The van der Waals surface area contributed by atoms with Crippen molar-refractivity contribution in [2.45, 2.75) is 58.0 Å². The molecule has 1 fully saturated rings.